The SMILES string of the molecule is CSCCNC1CC(C#N)(c2ccccc2)C1. The van der Waals surface area contributed by atoms with Gasteiger partial charge in [0.1, 0.15) is 0 Å². The van der Waals surface area contributed by atoms with Gasteiger partial charge in [0, 0.05) is 18.3 Å². The quantitative estimate of drug-likeness (QED) is 0.811. The maximum Gasteiger partial charge on any atom is 0.0852 e. The summed E-state index contributed by atoms with van der Waals surface area (Å²) in [5, 5.41) is 12.9. The van der Waals surface area contributed by atoms with Crippen LogP contribution in [-0.2, 0) is 5.41 Å². The zero-order valence-electron chi connectivity index (χ0n) is 10.1. The Bertz CT molecular complexity index is 390. The molecule has 0 aliphatic heterocycles. The highest BCUT2D eigenvalue weighted by molar-refractivity contribution is 7.98. The van der Waals surface area contributed by atoms with Crippen LogP contribution in [0, 0.1) is 11.3 Å². The summed E-state index contributed by atoms with van der Waals surface area (Å²) in [7, 11) is 0. The topological polar surface area (TPSA) is 35.8 Å². The summed E-state index contributed by atoms with van der Waals surface area (Å²) in [5.41, 5.74) is 0.934. The fourth-order valence-corrected chi connectivity index (χ4v) is 2.76. The molecule has 0 aromatic heterocycles. The van der Waals surface area contributed by atoms with E-state index in [0.29, 0.717) is 6.04 Å². The Labute approximate surface area is 107 Å². The van der Waals surface area contributed by atoms with Crippen molar-refractivity contribution in [1.82, 2.24) is 5.32 Å². The van der Waals surface area contributed by atoms with E-state index in [-0.39, 0.29) is 5.41 Å². The molecule has 17 heavy (non-hydrogen) atoms. The van der Waals surface area contributed by atoms with Gasteiger partial charge in [-0.2, -0.15) is 17.0 Å². The average molecular weight is 246 g/mol. The molecule has 0 saturated heterocycles. The number of nitrogens with zero attached hydrogens (tertiary/aromatic N) is 1. The predicted octanol–water partition coefficient (Wildman–Crippen LogP) is 2.56. The first-order valence-corrected chi connectivity index (χ1v) is 7.39. The number of benzene rings is 1. The first-order chi connectivity index (χ1) is 8.30. The van der Waals surface area contributed by atoms with Gasteiger partial charge in [-0.05, 0) is 24.7 Å². The number of nitriles is 1. The zero-order chi connectivity index (χ0) is 12.1. The molecular formula is C14H18N2S. The van der Waals surface area contributed by atoms with E-state index >= 15 is 0 Å². The summed E-state index contributed by atoms with van der Waals surface area (Å²) in [6.07, 6.45) is 4.01. The van der Waals surface area contributed by atoms with E-state index in [4.69, 9.17) is 0 Å². The number of hydrogen-bond donors (Lipinski definition) is 1. The number of hydrogen-bond acceptors (Lipinski definition) is 3. The van der Waals surface area contributed by atoms with E-state index in [1.165, 1.54) is 5.56 Å². The smallest absolute Gasteiger partial charge is 0.0852 e. The Morgan fingerprint density at radius 2 is 2.12 bits per heavy atom. The molecule has 0 bridgehead atoms. The molecule has 0 spiro atoms. The van der Waals surface area contributed by atoms with Crippen molar-refractivity contribution in [3.8, 4) is 6.07 Å². The molecule has 0 unspecified atom stereocenters. The van der Waals surface area contributed by atoms with Crippen molar-refractivity contribution in [1.29, 1.82) is 5.26 Å². The lowest BCUT2D eigenvalue weighted by Crippen LogP contribution is -2.51. The van der Waals surface area contributed by atoms with E-state index < -0.39 is 0 Å². The molecule has 1 aliphatic rings. The number of rotatable bonds is 5. The first kappa shape index (κ1) is 12.5. The molecule has 90 valence electrons. The fraction of sp³-hybridized carbons (Fsp3) is 0.500. The summed E-state index contributed by atoms with van der Waals surface area (Å²) in [5.74, 6) is 1.14. The zero-order valence-corrected chi connectivity index (χ0v) is 11.0. The molecule has 2 nitrogen and oxygen atoms in total. The second kappa shape index (κ2) is 5.57. The second-order valence-electron chi connectivity index (χ2n) is 4.61. The van der Waals surface area contributed by atoms with Crippen LogP contribution in [0.4, 0.5) is 0 Å². The molecule has 1 aromatic rings. The molecule has 1 aromatic carbocycles. The molecule has 1 N–H and O–H groups in total. The van der Waals surface area contributed by atoms with E-state index in [2.05, 4.69) is 29.8 Å². The highest BCUT2D eigenvalue weighted by atomic mass is 32.2. The van der Waals surface area contributed by atoms with Gasteiger partial charge in [0.25, 0.3) is 0 Å². The first-order valence-electron chi connectivity index (χ1n) is 6.00. The molecule has 1 fully saturated rings. The van der Waals surface area contributed by atoms with Crippen LogP contribution in [0.1, 0.15) is 18.4 Å². The van der Waals surface area contributed by atoms with Gasteiger partial charge in [0.15, 0.2) is 0 Å². The van der Waals surface area contributed by atoms with Crippen LogP contribution in [0.25, 0.3) is 0 Å². The summed E-state index contributed by atoms with van der Waals surface area (Å²) < 4.78 is 0. The molecule has 1 aliphatic carbocycles. The largest absolute Gasteiger partial charge is 0.313 e. The van der Waals surface area contributed by atoms with Crippen LogP contribution in [-0.4, -0.2) is 24.6 Å². The molecule has 1 saturated carbocycles. The third-order valence-electron chi connectivity index (χ3n) is 3.47. The summed E-state index contributed by atoms with van der Waals surface area (Å²) >= 11 is 1.85. The standard InChI is InChI=1S/C14H18N2S/c1-17-8-7-16-13-9-14(10-13,11-15)12-5-3-2-4-6-12/h2-6,13,16H,7-10H2,1H3. The van der Waals surface area contributed by atoms with Gasteiger partial charge in [-0.15, -0.1) is 0 Å². The Morgan fingerprint density at radius 1 is 1.41 bits per heavy atom. The number of nitrogens with one attached hydrogen (secondary N) is 1. The summed E-state index contributed by atoms with van der Waals surface area (Å²) in [4.78, 5) is 0. The van der Waals surface area contributed by atoms with Crippen molar-refractivity contribution < 1.29 is 0 Å². The van der Waals surface area contributed by atoms with Crippen LogP contribution in [0.15, 0.2) is 30.3 Å². The van der Waals surface area contributed by atoms with Gasteiger partial charge in [-0.25, -0.2) is 0 Å². The molecule has 0 amide bonds. The van der Waals surface area contributed by atoms with Crippen molar-refractivity contribution >= 4 is 11.8 Å². The van der Waals surface area contributed by atoms with Gasteiger partial charge >= 0.3 is 0 Å². The van der Waals surface area contributed by atoms with Crippen molar-refractivity contribution in [3.05, 3.63) is 35.9 Å². The minimum Gasteiger partial charge on any atom is -0.313 e. The lowest BCUT2D eigenvalue weighted by atomic mass is 9.62. The summed E-state index contributed by atoms with van der Waals surface area (Å²) in [6.45, 7) is 1.04. The van der Waals surface area contributed by atoms with E-state index in [1.54, 1.807) is 0 Å². The second-order valence-corrected chi connectivity index (χ2v) is 5.60. The van der Waals surface area contributed by atoms with Gasteiger partial charge < -0.3 is 5.32 Å². The maximum atomic E-state index is 9.40. The van der Waals surface area contributed by atoms with Gasteiger partial charge in [-0.1, -0.05) is 30.3 Å². The molecular weight excluding hydrogens is 228 g/mol. The lowest BCUT2D eigenvalue weighted by molar-refractivity contribution is 0.230. The van der Waals surface area contributed by atoms with Crippen molar-refractivity contribution in [3.63, 3.8) is 0 Å². The van der Waals surface area contributed by atoms with Crippen LogP contribution < -0.4 is 5.32 Å². The Hall–Kier alpha value is -0.980. The van der Waals surface area contributed by atoms with E-state index in [1.807, 2.05) is 30.0 Å². The third-order valence-corrected chi connectivity index (χ3v) is 4.08. The molecule has 2 rings (SSSR count). The predicted molar refractivity (Wildman–Crippen MR) is 73.1 cm³/mol. The van der Waals surface area contributed by atoms with E-state index in [0.717, 1.165) is 25.1 Å². The Balaban J connectivity index is 1.92. The minimum atomic E-state index is -0.238. The van der Waals surface area contributed by atoms with Crippen molar-refractivity contribution in [2.45, 2.75) is 24.3 Å². The van der Waals surface area contributed by atoms with Crippen molar-refractivity contribution in [2.75, 3.05) is 18.6 Å². The van der Waals surface area contributed by atoms with Gasteiger partial charge in [0.2, 0.25) is 0 Å². The molecule has 0 heterocycles. The Morgan fingerprint density at radius 3 is 2.71 bits per heavy atom. The minimum absolute atomic E-state index is 0.238. The summed E-state index contributed by atoms with van der Waals surface area (Å²) in [6, 6.07) is 13.2. The average Bonchev–Trinajstić information content (AvgIpc) is 2.34. The normalized spacial score (nSPS) is 27.2. The molecule has 3 heteroatoms. The maximum absolute atomic E-state index is 9.40. The number of thioether (sulfide) groups is 1. The fourth-order valence-electron chi connectivity index (χ4n) is 2.44. The highest BCUT2D eigenvalue weighted by Gasteiger charge is 2.45. The van der Waals surface area contributed by atoms with Crippen LogP contribution >= 0.6 is 11.8 Å². The van der Waals surface area contributed by atoms with Crippen LogP contribution in [0.2, 0.25) is 0 Å². The van der Waals surface area contributed by atoms with E-state index in [9.17, 15) is 5.26 Å². The highest BCUT2D eigenvalue weighted by Crippen LogP contribution is 2.43. The monoisotopic (exact) mass is 246 g/mol. The van der Waals surface area contributed by atoms with Crippen LogP contribution in [0.5, 0.6) is 0 Å². The lowest BCUT2D eigenvalue weighted by Gasteiger charge is -2.43. The molecule has 0 atom stereocenters. The third kappa shape index (κ3) is 2.65. The van der Waals surface area contributed by atoms with Crippen molar-refractivity contribution in [2.24, 2.45) is 0 Å². The van der Waals surface area contributed by atoms with Crippen LogP contribution in [0.3, 0.4) is 0 Å². The Kier molecular flexibility index (Phi) is 4.09. The van der Waals surface area contributed by atoms with Gasteiger partial charge in [-0.3, -0.25) is 0 Å². The van der Waals surface area contributed by atoms with Gasteiger partial charge in [0.05, 0.1) is 11.5 Å². The molecule has 0 radical (unpaired) electrons.